The third kappa shape index (κ3) is 4.89. The average molecular weight is 235 g/mol. The van der Waals surface area contributed by atoms with Gasteiger partial charge in [0.1, 0.15) is 0 Å². The van der Waals surface area contributed by atoms with Crippen molar-refractivity contribution in [3.63, 3.8) is 0 Å². The molecule has 1 aromatic rings. The number of carbonyl (C=O) groups is 2. The predicted octanol–water partition coefficient (Wildman–Crippen LogP) is 2.58. The molecule has 0 unspecified atom stereocenters. The zero-order chi connectivity index (χ0) is 11.8. The van der Waals surface area contributed by atoms with Gasteiger partial charge in [-0.05, 0) is 18.1 Å². The summed E-state index contributed by atoms with van der Waals surface area (Å²) in [5.74, 6) is 0.784. The highest BCUT2D eigenvalue weighted by Crippen LogP contribution is 2.07. The van der Waals surface area contributed by atoms with Crippen molar-refractivity contribution < 1.29 is 9.59 Å². The summed E-state index contributed by atoms with van der Waals surface area (Å²) < 4.78 is 0. The van der Waals surface area contributed by atoms with Crippen LogP contribution in [0, 0.1) is 0 Å². The normalized spacial score (nSPS) is 10.6. The minimum absolute atomic E-state index is 0.137. The Hall–Kier alpha value is -1.42. The predicted molar refractivity (Wildman–Crippen MR) is 66.4 cm³/mol. The Morgan fingerprint density at radius 3 is 2.88 bits per heavy atom. The molecule has 0 fully saturated rings. The Kier molecular flexibility index (Phi) is 5.50. The van der Waals surface area contributed by atoms with E-state index >= 15 is 0 Å². The molecule has 1 heterocycles. The molecule has 3 nitrogen and oxygen atoms in total. The molecule has 0 N–H and O–H groups in total. The van der Waals surface area contributed by atoms with E-state index in [0.29, 0.717) is 5.56 Å². The number of nitrogens with zero attached hydrogens (tertiary/aromatic N) is 1. The van der Waals surface area contributed by atoms with Crippen molar-refractivity contribution in [2.75, 3.05) is 5.75 Å². The van der Waals surface area contributed by atoms with Gasteiger partial charge in [-0.25, -0.2) is 0 Å². The molecule has 0 saturated carbocycles. The number of carbonyl (C=O) groups excluding carboxylic acids is 2. The van der Waals surface area contributed by atoms with Gasteiger partial charge in [0.05, 0.1) is 0 Å². The average Bonchev–Trinajstić information content (AvgIpc) is 2.28. The number of thioether (sulfide) groups is 1. The van der Waals surface area contributed by atoms with Crippen LogP contribution < -0.4 is 0 Å². The fourth-order valence-electron chi connectivity index (χ4n) is 1.12. The lowest BCUT2D eigenvalue weighted by Gasteiger charge is -1.94. The first-order valence-corrected chi connectivity index (χ1v) is 5.91. The minimum Gasteiger partial charge on any atom is -0.298 e. The van der Waals surface area contributed by atoms with Crippen molar-refractivity contribution in [3.8, 4) is 0 Å². The molecule has 0 bridgehead atoms. The standard InChI is InChI=1S/C12H13NO2S/c1-10(15)16-5-3-2-4-11-6-12(9-14)8-13-7-11/h2,4,6-9H,3,5H2,1H3. The molecule has 84 valence electrons. The number of aromatic nitrogens is 1. The lowest BCUT2D eigenvalue weighted by molar-refractivity contribution is -0.109. The molecular weight excluding hydrogens is 222 g/mol. The first-order valence-electron chi connectivity index (χ1n) is 4.92. The Morgan fingerprint density at radius 1 is 1.44 bits per heavy atom. The highest BCUT2D eigenvalue weighted by Gasteiger charge is 1.93. The van der Waals surface area contributed by atoms with Gasteiger partial charge in [-0.3, -0.25) is 14.6 Å². The third-order valence-electron chi connectivity index (χ3n) is 1.82. The molecule has 0 aliphatic carbocycles. The number of rotatable bonds is 5. The maximum atomic E-state index is 10.7. The van der Waals surface area contributed by atoms with Gasteiger partial charge < -0.3 is 0 Å². The molecule has 0 atom stereocenters. The first-order chi connectivity index (χ1) is 7.72. The molecular formula is C12H13NO2S. The Balaban J connectivity index is 2.43. The van der Waals surface area contributed by atoms with Gasteiger partial charge in [0.2, 0.25) is 0 Å². The van der Waals surface area contributed by atoms with Crippen LogP contribution >= 0.6 is 11.8 Å². The van der Waals surface area contributed by atoms with E-state index in [1.165, 1.54) is 18.0 Å². The second-order valence-corrected chi connectivity index (χ2v) is 4.47. The molecule has 0 amide bonds. The fraction of sp³-hybridized carbons (Fsp3) is 0.250. The Morgan fingerprint density at radius 2 is 2.19 bits per heavy atom. The van der Waals surface area contributed by atoms with Gasteiger partial charge in [-0.15, -0.1) is 0 Å². The third-order valence-corrected chi connectivity index (χ3v) is 2.66. The maximum Gasteiger partial charge on any atom is 0.185 e. The van der Waals surface area contributed by atoms with Gasteiger partial charge in [0.25, 0.3) is 0 Å². The number of allylic oxidation sites excluding steroid dienone is 1. The van der Waals surface area contributed by atoms with E-state index in [1.807, 2.05) is 12.2 Å². The number of hydrogen-bond donors (Lipinski definition) is 0. The van der Waals surface area contributed by atoms with Gasteiger partial charge in [-0.1, -0.05) is 23.9 Å². The highest BCUT2D eigenvalue weighted by atomic mass is 32.2. The SMILES string of the molecule is CC(=O)SCCC=Cc1cncc(C=O)c1. The van der Waals surface area contributed by atoms with Crippen LogP contribution in [0.5, 0.6) is 0 Å². The summed E-state index contributed by atoms with van der Waals surface area (Å²) in [6.07, 6.45) is 8.70. The second-order valence-electron chi connectivity index (χ2n) is 3.20. The van der Waals surface area contributed by atoms with Crippen LogP contribution in [0.15, 0.2) is 24.5 Å². The van der Waals surface area contributed by atoms with Crippen LogP contribution in [-0.4, -0.2) is 22.1 Å². The summed E-state index contributed by atoms with van der Waals surface area (Å²) >= 11 is 1.31. The fourth-order valence-corrected chi connectivity index (χ4v) is 1.66. The zero-order valence-electron chi connectivity index (χ0n) is 9.05. The molecule has 0 saturated heterocycles. The molecule has 0 aliphatic rings. The first kappa shape index (κ1) is 12.6. The lowest BCUT2D eigenvalue weighted by atomic mass is 10.2. The zero-order valence-corrected chi connectivity index (χ0v) is 9.87. The van der Waals surface area contributed by atoms with E-state index in [-0.39, 0.29) is 5.12 Å². The van der Waals surface area contributed by atoms with E-state index in [0.717, 1.165) is 24.0 Å². The summed E-state index contributed by atoms with van der Waals surface area (Å²) in [6, 6.07) is 1.77. The van der Waals surface area contributed by atoms with Crippen LogP contribution in [-0.2, 0) is 4.79 Å². The van der Waals surface area contributed by atoms with Gasteiger partial charge in [0, 0.05) is 30.6 Å². The molecule has 0 radical (unpaired) electrons. The summed E-state index contributed by atoms with van der Waals surface area (Å²) in [5, 5.41) is 0.137. The van der Waals surface area contributed by atoms with Crippen molar-refractivity contribution in [2.45, 2.75) is 13.3 Å². The van der Waals surface area contributed by atoms with Gasteiger partial charge >= 0.3 is 0 Å². The summed E-state index contributed by atoms with van der Waals surface area (Å²) in [5.41, 5.74) is 1.47. The quantitative estimate of drug-likeness (QED) is 0.581. The lowest BCUT2D eigenvalue weighted by Crippen LogP contribution is -1.85. The molecule has 1 aromatic heterocycles. The number of aldehydes is 1. The van der Waals surface area contributed by atoms with Crippen molar-refractivity contribution >= 4 is 29.2 Å². The highest BCUT2D eigenvalue weighted by molar-refractivity contribution is 8.13. The molecule has 0 aliphatic heterocycles. The van der Waals surface area contributed by atoms with E-state index < -0.39 is 0 Å². The van der Waals surface area contributed by atoms with Crippen molar-refractivity contribution in [1.82, 2.24) is 4.98 Å². The molecule has 0 spiro atoms. The number of hydrogen-bond acceptors (Lipinski definition) is 4. The van der Waals surface area contributed by atoms with E-state index in [2.05, 4.69) is 4.98 Å². The molecule has 4 heteroatoms. The Bertz CT molecular complexity index is 402. The number of pyridine rings is 1. The van der Waals surface area contributed by atoms with Crippen LogP contribution in [0.4, 0.5) is 0 Å². The maximum absolute atomic E-state index is 10.7. The monoisotopic (exact) mass is 235 g/mol. The molecule has 0 aromatic carbocycles. The summed E-state index contributed by atoms with van der Waals surface area (Å²) in [6.45, 7) is 1.56. The van der Waals surface area contributed by atoms with E-state index in [1.54, 1.807) is 19.2 Å². The van der Waals surface area contributed by atoms with Gasteiger partial charge in [0.15, 0.2) is 11.4 Å². The van der Waals surface area contributed by atoms with Crippen LogP contribution in [0.1, 0.15) is 29.3 Å². The minimum atomic E-state index is 0.137. The Labute approximate surface area is 99.0 Å². The summed E-state index contributed by atoms with van der Waals surface area (Å²) in [4.78, 5) is 25.1. The largest absolute Gasteiger partial charge is 0.298 e. The molecule has 16 heavy (non-hydrogen) atoms. The second kappa shape index (κ2) is 6.95. The van der Waals surface area contributed by atoms with Crippen LogP contribution in [0.2, 0.25) is 0 Å². The van der Waals surface area contributed by atoms with Crippen molar-refractivity contribution in [2.24, 2.45) is 0 Å². The van der Waals surface area contributed by atoms with Crippen molar-refractivity contribution in [3.05, 3.63) is 35.7 Å². The van der Waals surface area contributed by atoms with Crippen molar-refractivity contribution in [1.29, 1.82) is 0 Å². The van der Waals surface area contributed by atoms with Crippen LogP contribution in [0.3, 0.4) is 0 Å². The smallest absolute Gasteiger partial charge is 0.185 e. The molecule has 1 rings (SSSR count). The van der Waals surface area contributed by atoms with Crippen LogP contribution in [0.25, 0.3) is 6.08 Å². The van der Waals surface area contributed by atoms with E-state index in [4.69, 9.17) is 0 Å². The van der Waals surface area contributed by atoms with Gasteiger partial charge in [-0.2, -0.15) is 0 Å². The topological polar surface area (TPSA) is 47.0 Å². The summed E-state index contributed by atoms with van der Waals surface area (Å²) in [7, 11) is 0. The van der Waals surface area contributed by atoms with E-state index in [9.17, 15) is 9.59 Å².